The maximum absolute atomic E-state index is 12.5. The average Bonchev–Trinajstić information content (AvgIpc) is 2.98. The van der Waals surface area contributed by atoms with Gasteiger partial charge in [-0.2, -0.15) is 0 Å². The third-order valence-electron chi connectivity index (χ3n) is 4.76. The summed E-state index contributed by atoms with van der Waals surface area (Å²) in [6.07, 6.45) is 0.971. The van der Waals surface area contributed by atoms with Crippen molar-refractivity contribution in [2.45, 2.75) is 25.4 Å². The molecule has 1 atom stereocenters. The second-order valence-corrected chi connectivity index (χ2v) is 6.82. The first-order valence-corrected chi connectivity index (χ1v) is 9.13. The Hall–Kier alpha value is -1.63. The molecule has 2 fully saturated rings. The van der Waals surface area contributed by atoms with Crippen LogP contribution >= 0.6 is 11.6 Å². The van der Waals surface area contributed by atoms with Crippen LogP contribution in [0.2, 0.25) is 5.02 Å². The SMILES string of the molecule is O=C(NCCN1CCOCC1)[C@@H]1CCC(=O)N1Cc1ccccc1Cl. The molecule has 0 radical (unpaired) electrons. The van der Waals surface area contributed by atoms with Crippen molar-refractivity contribution < 1.29 is 14.3 Å². The van der Waals surface area contributed by atoms with Gasteiger partial charge in [0, 0.05) is 44.2 Å². The number of carbonyl (C=O) groups is 2. The van der Waals surface area contributed by atoms with E-state index in [4.69, 9.17) is 16.3 Å². The molecule has 0 spiro atoms. The van der Waals surface area contributed by atoms with Gasteiger partial charge < -0.3 is 15.0 Å². The van der Waals surface area contributed by atoms with Gasteiger partial charge in [-0.1, -0.05) is 29.8 Å². The van der Waals surface area contributed by atoms with Crippen LogP contribution in [0.3, 0.4) is 0 Å². The molecule has 0 saturated carbocycles. The van der Waals surface area contributed by atoms with E-state index in [1.165, 1.54) is 0 Å². The maximum Gasteiger partial charge on any atom is 0.242 e. The summed E-state index contributed by atoms with van der Waals surface area (Å²) in [6.45, 7) is 5.06. The van der Waals surface area contributed by atoms with Crippen molar-refractivity contribution in [3.05, 3.63) is 34.9 Å². The molecular weight excluding hydrogens is 342 g/mol. The van der Waals surface area contributed by atoms with Gasteiger partial charge in [-0.3, -0.25) is 14.5 Å². The largest absolute Gasteiger partial charge is 0.379 e. The standard InChI is InChI=1S/C18H24ClN3O3/c19-15-4-2-1-3-14(15)13-22-16(5-6-17(22)23)18(24)20-7-8-21-9-11-25-12-10-21/h1-4,16H,5-13H2,(H,20,24)/t16-/m0/s1. The smallest absolute Gasteiger partial charge is 0.242 e. The molecule has 2 aliphatic rings. The molecule has 1 aromatic rings. The number of ether oxygens (including phenoxy) is 1. The molecule has 6 nitrogen and oxygen atoms in total. The van der Waals surface area contributed by atoms with Crippen molar-refractivity contribution in [3.63, 3.8) is 0 Å². The van der Waals surface area contributed by atoms with E-state index in [0.717, 1.165) is 38.4 Å². The van der Waals surface area contributed by atoms with Crippen LogP contribution in [0.1, 0.15) is 18.4 Å². The van der Waals surface area contributed by atoms with E-state index in [1.54, 1.807) is 11.0 Å². The summed E-state index contributed by atoms with van der Waals surface area (Å²) in [6, 6.07) is 7.02. The van der Waals surface area contributed by atoms with Crippen LogP contribution in [0.15, 0.2) is 24.3 Å². The topological polar surface area (TPSA) is 61.9 Å². The van der Waals surface area contributed by atoms with Crippen molar-refractivity contribution in [2.24, 2.45) is 0 Å². The number of morpholine rings is 1. The molecule has 136 valence electrons. The van der Waals surface area contributed by atoms with Crippen molar-refractivity contribution >= 4 is 23.4 Å². The highest BCUT2D eigenvalue weighted by atomic mass is 35.5. The molecule has 2 heterocycles. The molecular formula is C18H24ClN3O3. The lowest BCUT2D eigenvalue weighted by molar-refractivity contribution is -0.135. The number of rotatable bonds is 6. The van der Waals surface area contributed by atoms with E-state index < -0.39 is 6.04 Å². The molecule has 0 aromatic heterocycles. The number of amides is 2. The van der Waals surface area contributed by atoms with E-state index in [1.807, 2.05) is 18.2 Å². The van der Waals surface area contributed by atoms with Crippen molar-refractivity contribution in [1.82, 2.24) is 15.1 Å². The Morgan fingerprint density at radius 2 is 2.04 bits per heavy atom. The number of benzene rings is 1. The monoisotopic (exact) mass is 365 g/mol. The fraction of sp³-hybridized carbons (Fsp3) is 0.556. The molecule has 25 heavy (non-hydrogen) atoms. The summed E-state index contributed by atoms with van der Waals surface area (Å²) in [4.78, 5) is 28.7. The van der Waals surface area contributed by atoms with Crippen LogP contribution in [-0.2, 0) is 20.9 Å². The van der Waals surface area contributed by atoms with Crippen LogP contribution < -0.4 is 5.32 Å². The lowest BCUT2D eigenvalue weighted by Gasteiger charge is -2.28. The Morgan fingerprint density at radius 3 is 2.80 bits per heavy atom. The minimum Gasteiger partial charge on any atom is -0.379 e. The molecule has 7 heteroatoms. The first kappa shape index (κ1) is 18.2. The van der Waals surface area contributed by atoms with E-state index in [9.17, 15) is 9.59 Å². The zero-order valence-electron chi connectivity index (χ0n) is 14.2. The summed E-state index contributed by atoms with van der Waals surface area (Å²) in [5.41, 5.74) is 0.866. The first-order chi connectivity index (χ1) is 12.1. The zero-order valence-corrected chi connectivity index (χ0v) is 15.0. The average molecular weight is 366 g/mol. The maximum atomic E-state index is 12.5. The Bertz CT molecular complexity index is 619. The first-order valence-electron chi connectivity index (χ1n) is 8.76. The molecule has 1 N–H and O–H groups in total. The van der Waals surface area contributed by atoms with Gasteiger partial charge >= 0.3 is 0 Å². The number of likely N-dealkylation sites (tertiary alicyclic amines) is 1. The van der Waals surface area contributed by atoms with E-state index >= 15 is 0 Å². The highest BCUT2D eigenvalue weighted by Crippen LogP contribution is 2.24. The Balaban J connectivity index is 1.53. The van der Waals surface area contributed by atoms with Crippen molar-refractivity contribution in [1.29, 1.82) is 0 Å². The minimum atomic E-state index is -0.409. The van der Waals surface area contributed by atoms with Gasteiger partial charge in [-0.15, -0.1) is 0 Å². The number of halogens is 1. The molecule has 1 aromatic carbocycles. The van der Waals surface area contributed by atoms with Crippen LogP contribution in [-0.4, -0.2) is 67.0 Å². The highest BCUT2D eigenvalue weighted by molar-refractivity contribution is 6.31. The minimum absolute atomic E-state index is 0.00764. The highest BCUT2D eigenvalue weighted by Gasteiger charge is 2.36. The van der Waals surface area contributed by atoms with Crippen LogP contribution in [0.5, 0.6) is 0 Å². The van der Waals surface area contributed by atoms with E-state index in [-0.39, 0.29) is 11.8 Å². The summed E-state index contributed by atoms with van der Waals surface area (Å²) < 4.78 is 5.32. The third-order valence-corrected chi connectivity index (χ3v) is 5.13. The Morgan fingerprint density at radius 1 is 1.28 bits per heavy atom. The van der Waals surface area contributed by atoms with Gasteiger partial charge in [0.05, 0.1) is 13.2 Å². The number of hydrogen-bond donors (Lipinski definition) is 1. The second kappa shape index (κ2) is 8.65. The fourth-order valence-corrected chi connectivity index (χ4v) is 3.49. The molecule has 2 saturated heterocycles. The summed E-state index contributed by atoms with van der Waals surface area (Å²) in [7, 11) is 0. The summed E-state index contributed by atoms with van der Waals surface area (Å²) in [5.74, 6) is -0.0700. The van der Waals surface area contributed by atoms with E-state index in [0.29, 0.717) is 31.0 Å². The zero-order chi connectivity index (χ0) is 17.6. The number of carbonyl (C=O) groups excluding carboxylic acids is 2. The van der Waals surface area contributed by atoms with Gasteiger partial charge in [0.15, 0.2) is 0 Å². The number of nitrogens with zero attached hydrogens (tertiary/aromatic N) is 2. The summed E-state index contributed by atoms with van der Waals surface area (Å²) >= 11 is 6.19. The van der Waals surface area contributed by atoms with Crippen LogP contribution in [0.4, 0.5) is 0 Å². The molecule has 0 bridgehead atoms. The van der Waals surface area contributed by atoms with Crippen LogP contribution in [0, 0.1) is 0 Å². The normalized spacial score (nSPS) is 21.6. The predicted molar refractivity (Wildman–Crippen MR) is 95.3 cm³/mol. The van der Waals surface area contributed by atoms with Gasteiger partial charge in [0.2, 0.25) is 11.8 Å². The Labute approximate surface area is 153 Å². The summed E-state index contributed by atoms with van der Waals surface area (Å²) in [5, 5.41) is 3.59. The van der Waals surface area contributed by atoms with E-state index in [2.05, 4.69) is 10.2 Å². The van der Waals surface area contributed by atoms with Crippen molar-refractivity contribution in [2.75, 3.05) is 39.4 Å². The molecule has 0 unspecified atom stereocenters. The Kier molecular flexibility index (Phi) is 6.29. The second-order valence-electron chi connectivity index (χ2n) is 6.41. The fourth-order valence-electron chi connectivity index (χ4n) is 3.29. The number of nitrogens with one attached hydrogen (secondary N) is 1. The third kappa shape index (κ3) is 4.71. The van der Waals surface area contributed by atoms with Gasteiger partial charge in [0.1, 0.15) is 6.04 Å². The molecule has 0 aliphatic carbocycles. The van der Waals surface area contributed by atoms with Gasteiger partial charge in [-0.25, -0.2) is 0 Å². The van der Waals surface area contributed by atoms with Crippen LogP contribution in [0.25, 0.3) is 0 Å². The molecule has 2 aliphatic heterocycles. The molecule has 3 rings (SSSR count). The quantitative estimate of drug-likeness (QED) is 0.825. The van der Waals surface area contributed by atoms with Gasteiger partial charge in [0.25, 0.3) is 0 Å². The lowest BCUT2D eigenvalue weighted by atomic mass is 10.1. The van der Waals surface area contributed by atoms with Gasteiger partial charge in [-0.05, 0) is 18.1 Å². The predicted octanol–water partition coefficient (Wildman–Crippen LogP) is 1.28. The lowest BCUT2D eigenvalue weighted by Crippen LogP contribution is -2.47. The molecule has 2 amide bonds. The number of hydrogen-bond acceptors (Lipinski definition) is 4. The van der Waals surface area contributed by atoms with Crippen molar-refractivity contribution in [3.8, 4) is 0 Å².